The largest absolute Gasteiger partial charge is 0.324 e. The van der Waals surface area contributed by atoms with Gasteiger partial charge < -0.3 is 5.73 Å². The van der Waals surface area contributed by atoms with Crippen LogP contribution in [0.4, 0.5) is 0 Å². The van der Waals surface area contributed by atoms with E-state index in [4.69, 9.17) is 5.73 Å². The van der Waals surface area contributed by atoms with Crippen LogP contribution in [0.15, 0.2) is 12.2 Å². The van der Waals surface area contributed by atoms with Crippen LogP contribution in [0.3, 0.4) is 0 Å². The van der Waals surface area contributed by atoms with Crippen molar-refractivity contribution < 1.29 is 0 Å². The normalized spacial score (nSPS) is 26.9. The van der Waals surface area contributed by atoms with Crippen molar-refractivity contribution in [1.82, 2.24) is 0 Å². The third-order valence-electron chi connectivity index (χ3n) is 1.29. The van der Waals surface area contributed by atoms with Gasteiger partial charge in [0.05, 0.1) is 0 Å². The molecule has 0 unspecified atom stereocenters. The van der Waals surface area contributed by atoms with Gasteiger partial charge >= 0.3 is 0 Å². The van der Waals surface area contributed by atoms with E-state index in [1.807, 2.05) is 0 Å². The molecular formula is C6H12ClN. The van der Waals surface area contributed by atoms with Crippen molar-refractivity contribution in [2.75, 3.05) is 0 Å². The van der Waals surface area contributed by atoms with Crippen LogP contribution in [-0.2, 0) is 0 Å². The molecule has 2 heteroatoms. The molecule has 1 rings (SSSR count). The minimum Gasteiger partial charge on any atom is -0.324 e. The van der Waals surface area contributed by atoms with Gasteiger partial charge in [-0.2, -0.15) is 0 Å². The summed E-state index contributed by atoms with van der Waals surface area (Å²) >= 11 is 0. The van der Waals surface area contributed by atoms with Crippen molar-refractivity contribution >= 4 is 12.4 Å². The lowest BCUT2D eigenvalue weighted by atomic mass is 10.0. The Labute approximate surface area is 56.4 Å². The van der Waals surface area contributed by atoms with Gasteiger partial charge in [0.15, 0.2) is 0 Å². The quantitative estimate of drug-likeness (QED) is 0.498. The standard InChI is InChI=1S/C6H11N.ClH/c7-6-4-2-1-3-5-6;/h2,4,6H,1,3,5,7H2;1H/t6-;/m0./s1. The highest BCUT2D eigenvalue weighted by molar-refractivity contribution is 5.85. The van der Waals surface area contributed by atoms with Crippen LogP contribution in [0.2, 0.25) is 0 Å². The molecule has 1 atom stereocenters. The third-order valence-corrected chi connectivity index (χ3v) is 1.29. The van der Waals surface area contributed by atoms with Crippen LogP contribution >= 0.6 is 12.4 Å². The number of nitrogens with two attached hydrogens (primary N) is 1. The molecule has 0 radical (unpaired) electrons. The fourth-order valence-electron chi connectivity index (χ4n) is 0.839. The Bertz CT molecular complexity index is 80.6. The van der Waals surface area contributed by atoms with Crippen LogP contribution in [-0.4, -0.2) is 6.04 Å². The lowest BCUT2D eigenvalue weighted by molar-refractivity contribution is 0.645. The topological polar surface area (TPSA) is 26.0 Å². The molecule has 1 aliphatic carbocycles. The zero-order chi connectivity index (χ0) is 5.11. The van der Waals surface area contributed by atoms with E-state index in [1.165, 1.54) is 19.3 Å². The zero-order valence-corrected chi connectivity index (χ0v) is 5.66. The van der Waals surface area contributed by atoms with Gasteiger partial charge in [-0.1, -0.05) is 12.2 Å². The first-order valence-corrected chi connectivity index (χ1v) is 2.82. The van der Waals surface area contributed by atoms with E-state index in [2.05, 4.69) is 12.2 Å². The van der Waals surface area contributed by atoms with E-state index in [-0.39, 0.29) is 12.4 Å². The van der Waals surface area contributed by atoms with Gasteiger partial charge in [0.25, 0.3) is 0 Å². The van der Waals surface area contributed by atoms with Crippen molar-refractivity contribution in [2.45, 2.75) is 25.3 Å². The Morgan fingerprint density at radius 1 is 1.50 bits per heavy atom. The van der Waals surface area contributed by atoms with Crippen LogP contribution in [0.5, 0.6) is 0 Å². The molecule has 8 heavy (non-hydrogen) atoms. The summed E-state index contributed by atoms with van der Waals surface area (Å²) in [5.41, 5.74) is 5.55. The average molecular weight is 134 g/mol. The van der Waals surface area contributed by atoms with Gasteiger partial charge in [0, 0.05) is 6.04 Å². The first-order chi connectivity index (χ1) is 3.39. The maximum absolute atomic E-state index is 5.55. The molecule has 0 saturated heterocycles. The fourth-order valence-corrected chi connectivity index (χ4v) is 0.839. The molecule has 0 fully saturated rings. The Kier molecular flexibility index (Phi) is 3.92. The molecule has 0 aromatic rings. The predicted octanol–water partition coefficient (Wildman–Crippen LogP) is 1.48. The van der Waals surface area contributed by atoms with Crippen LogP contribution < -0.4 is 5.73 Å². The number of halogens is 1. The predicted molar refractivity (Wildman–Crippen MR) is 38.2 cm³/mol. The van der Waals surface area contributed by atoms with Gasteiger partial charge in [-0.3, -0.25) is 0 Å². The Morgan fingerprint density at radius 2 is 2.25 bits per heavy atom. The number of hydrogen-bond acceptors (Lipinski definition) is 1. The Hall–Kier alpha value is -0.0100. The van der Waals surface area contributed by atoms with E-state index in [1.54, 1.807) is 0 Å². The Morgan fingerprint density at radius 3 is 2.50 bits per heavy atom. The SMILES string of the molecule is Cl.N[C@H]1C=CCCC1. The van der Waals surface area contributed by atoms with Crippen molar-refractivity contribution in [3.8, 4) is 0 Å². The fraction of sp³-hybridized carbons (Fsp3) is 0.667. The van der Waals surface area contributed by atoms with Crippen molar-refractivity contribution in [3.63, 3.8) is 0 Å². The molecule has 0 saturated carbocycles. The van der Waals surface area contributed by atoms with E-state index >= 15 is 0 Å². The summed E-state index contributed by atoms with van der Waals surface area (Å²) in [6, 6.07) is 0.355. The second-order valence-corrected chi connectivity index (χ2v) is 2.02. The molecule has 1 aliphatic rings. The summed E-state index contributed by atoms with van der Waals surface area (Å²) in [6.45, 7) is 0. The lowest BCUT2D eigenvalue weighted by Crippen LogP contribution is -2.17. The summed E-state index contributed by atoms with van der Waals surface area (Å²) in [7, 11) is 0. The zero-order valence-electron chi connectivity index (χ0n) is 4.84. The molecule has 0 bridgehead atoms. The first kappa shape index (κ1) is 7.99. The molecule has 0 aromatic carbocycles. The smallest absolute Gasteiger partial charge is 0.0223 e. The third kappa shape index (κ3) is 2.34. The molecule has 48 valence electrons. The van der Waals surface area contributed by atoms with Crippen molar-refractivity contribution in [2.24, 2.45) is 5.73 Å². The molecule has 2 N–H and O–H groups in total. The summed E-state index contributed by atoms with van der Waals surface area (Å²) in [5.74, 6) is 0. The van der Waals surface area contributed by atoms with Gasteiger partial charge in [-0.15, -0.1) is 12.4 Å². The molecule has 0 aliphatic heterocycles. The summed E-state index contributed by atoms with van der Waals surface area (Å²) < 4.78 is 0. The van der Waals surface area contributed by atoms with Crippen LogP contribution in [0.25, 0.3) is 0 Å². The highest BCUT2D eigenvalue weighted by atomic mass is 35.5. The van der Waals surface area contributed by atoms with Crippen LogP contribution in [0, 0.1) is 0 Å². The maximum Gasteiger partial charge on any atom is 0.0223 e. The molecular weight excluding hydrogens is 122 g/mol. The molecule has 0 amide bonds. The first-order valence-electron chi connectivity index (χ1n) is 2.82. The second-order valence-electron chi connectivity index (χ2n) is 2.02. The van der Waals surface area contributed by atoms with Gasteiger partial charge in [0.1, 0.15) is 0 Å². The molecule has 1 nitrogen and oxygen atoms in total. The second kappa shape index (κ2) is 3.93. The van der Waals surface area contributed by atoms with Crippen molar-refractivity contribution in [1.29, 1.82) is 0 Å². The Balaban J connectivity index is 0.000000490. The van der Waals surface area contributed by atoms with Gasteiger partial charge in [0.2, 0.25) is 0 Å². The minimum absolute atomic E-state index is 0. The van der Waals surface area contributed by atoms with E-state index in [9.17, 15) is 0 Å². The van der Waals surface area contributed by atoms with Gasteiger partial charge in [-0.25, -0.2) is 0 Å². The lowest BCUT2D eigenvalue weighted by Gasteiger charge is -2.08. The summed E-state index contributed by atoms with van der Waals surface area (Å²) in [5, 5.41) is 0. The maximum atomic E-state index is 5.55. The van der Waals surface area contributed by atoms with Gasteiger partial charge in [-0.05, 0) is 19.3 Å². The number of allylic oxidation sites excluding steroid dienone is 1. The monoisotopic (exact) mass is 133 g/mol. The summed E-state index contributed by atoms with van der Waals surface area (Å²) in [4.78, 5) is 0. The average Bonchev–Trinajstić information content (AvgIpc) is 1.69. The molecule has 0 spiro atoms. The van der Waals surface area contributed by atoms with Crippen LogP contribution in [0.1, 0.15) is 19.3 Å². The molecule has 0 heterocycles. The minimum atomic E-state index is 0. The van der Waals surface area contributed by atoms with E-state index in [0.717, 1.165) is 0 Å². The number of hydrogen-bond donors (Lipinski definition) is 1. The number of rotatable bonds is 0. The molecule has 0 aromatic heterocycles. The highest BCUT2D eigenvalue weighted by Gasteiger charge is 1.99. The highest BCUT2D eigenvalue weighted by Crippen LogP contribution is 2.06. The van der Waals surface area contributed by atoms with E-state index < -0.39 is 0 Å². The van der Waals surface area contributed by atoms with E-state index in [0.29, 0.717) is 6.04 Å². The van der Waals surface area contributed by atoms with Crippen molar-refractivity contribution in [3.05, 3.63) is 12.2 Å². The summed E-state index contributed by atoms with van der Waals surface area (Å²) in [6.07, 6.45) is 7.93.